The van der Waals surface area contributed by atoms with Gasteiger partial charge < -0.3 is 9.72 Å². The van der Waals surface area contributed by atoms with Crippen molar-refractivity contribution in [3.8, 4) is 5.75 Å². The first-order valence-corrected chi connectivity index (χ1v) is 6.18. The Bertz CT molecular complexity index is 718. The minimum atomic E-state index is -0.235. The molecule has 0 saturated heterocycles. The predicted molar refractivity (Wildman–Crippen MR) is 73.8 cm³/mol. The van der Waals surface area contributed by atoms with E-state index in [1.165, 1.54) is 12.1 Å². The third kappa shape index (κ3) is 2.45. The van der Waals surface area contributed by atoms with Gasteiger partial charge in [0.25, 0.3) is 0 Å². The van der Waals surface area contributed by atoms with Gasteiger partial charge in [-0.05, 0) is 48.2 Å². The molecule has 0 aliphatic heterocycles. The van der Waals surface area contributed by atoms with Gasteiger partial charge in [0.05, 0.1) is 5.69 Å². The molecule has 0 atom stereocenters. The molecule has 0 aliphatic rings. The van der Waals surface area contributed by atoms with Crippen LogP contribution in [0, 0.1) is 12.7 Å². The molecule has 19 heavy (non-hydrogen) atoms. The maximum atomic E-state index is 13.1. The summed E-state index contributed by atoms with van der Waals surface area (Å²) < 4.78 is 18.9. The molecular weight excluding hydrogens is 241 g/mol. The Morgan fingerprint density at radius 2 is 1.95 bits per heavy atom. The van der Waals surface area contributed by atoms with Crippen LogP contribution in [0.2, 0.25) is 0 Å². The number of para-hydroxylation sites is 1. The fourth-order valence-corrected chi connectivity index (χ4v) is 2.11. The summed E-state index contributed by atoms with van der Waals surface area (Å²) in [6.45, 7) is 2.46. The number of aromatic nitrogens is 1. The molecule has 2 nitrogen and oxygen atoms in total. The monoisotopic (exact) mass is 255 g/mol. The number of fused-ring (bicyclic) bond motifs is 1. The quantitative estimate of drug-likeness (QED) is 0.745. The maximum absolute atomic E-state index is 13.1. The number of halogens is 1. The molecule has 3 rings (SSSR count). The largest absolute Gasteiger partial charge is 0.487 e. The van der Waals surface area contributed by atoms with Crippen LogP contribution in [-0.4, -0.2) is 4.98 Å². The second-order valence-corrected chi connectivity index (χ2v) is 4.58. The van der Waals surface area contributed by atoms with E-state index < -0.39 is 0 Å². The van der Waals surface area contributed by atoms with Crippen LogP contribution in [0.3, 0.4) is 0 Å². The molecule has 0 unspecified atom stereocenters. The molecule has 3 heteroatoms. The van der Waals surface area contributed by atoms with Crippen molar-refractivity contribution in [2.45, 2.75) is 13.5 Å². The summed E-state index contributed by atoms with van der Waals surface area (Å²) in [5, 5.41) is 0.991. The smallest absolute Gasteiger partial charge is 0.128 e. The van der Waals surface area contributed by atoms with E-state index in [-0.39, 0.29) is 5.82 Å². The number of hydrogen-bond donors (Lipinski definition) is 1. The summed E-state index contributed by atoms with van der Waals surface area (Å²) in [5.41, 5.74) is 2.83. The fraction of sp³-hybridized carbons (Fsp3) is 0.125. The Morgan fingerprint density at radius 1 is 1.11 bits per heavy atom. The van der Waals surface area contributed by atoms with Crippen molar-refractivity contribution in [2.75, 3.05) is 0 Å². The average Bonchev–Trinajstić information content (AvgIpc) is 2.79. The molecule has 0 radical (unpaired) electrons. The Balaban J connectivity index is 1.80. The lowest BCUT2D eigenvalue weighted by molar-refractivity contribution is 0.300. The normalized spacial score (nSPS) is 10.8. The molecule has 3 aromatic rings. The first kappa shape index (κ1) is 11.8. The van der Waals surface area contributed by atoms with E-state index in [1.807, 2.05) is 37.3 Å². The lowest BCUT2D eigenvalue weighted by Gasteiger charge is -2.07. The van der Waals surface area contributed by atoms with Gasteiger partial charge in [-0.2, -0.15) is 0 Å². The Kier molecular flexibility index (Phi) is 2.95. The van der Waals surface area contributed by atoms with E-state index in [0.717, 1.165) is 27.9 Å². The Morgan fingerprint density at radius 3 is 2.79 bits per heavy atom. The van der Waals surface area contributed by atoms with Crippen molar-refractivity contribution in [3.05, 3.63) is 65.6 Å². The minimum Gasteiger partial charge on any atom is -0.487 e. The molecule has 0 bridgehead atoms. The van der Waals surface area contributed by atoms with Gasteiger partial charge >= 0.3 is 0 Å². The van der Waals surface area contributed by atoms with Crippen LogP contribution in [0.1, 0.15) is 11.3 Å². The molecule has 0 aliphatic carbocycles. The number of aromatic amines is 1. The molecule has 1 heterocycles. The van der Waals surface area contributed by atoms with Crippen molar-refractivity contribution < 1.29 is 9.13 Å². The summed E-state index contributed by atoms with van der Waals surface area (Å²) in [6.07, 6.45) is 0. The molecule has 2 aromatic carbocycles. The Labute approximate surface area is 110 Å². The molecule has 1 N–H and O–H groups in total. The van der Waals surface area contributed by atoms with Crippen molar-refractivity contribution in [1.82, 2.24) is 4.98 Å². The van der Waals surface area contributed by atoms with E-state index in [2.05, 4.69) is 4.98 Å². The average molecular weight is 255 g/mol. The summed E-state index contributed by atoms with van der Waals surface area (Å²) in [6, 6.07) is 14.6. The van der Waals surface area contributed by atoms with Crippen LogP contribution in [0.25, 0.3) is 10.9 Å². The van der Waals surface area contributed by atoms with E-state index in [9.17, 15) is 4.39 Å². The first-order valence-electron chi connectivity index (χ1n) is 6.18. The highest BCUT2D eigenvalue weighted by atomic mass is 19.1. The van der Waals surface area contributed by atoms with Crippen LogP contribution in [-0.2, 0) is 6.61 Å². The van der Waals surface area contributed by atoms with Gasteiger partial charge in [0.15, 0.2) is 0 Å². The SMILES string of the molecule is Cc1ccccc1OCc1cc2ccc(F)cc2[nH]1. The maximum Gasteiger partial charge on any atom is 0.128 e. The van der Waals surface area contributed by atoms with Crippen molar-refractivity contribution >= 4 is 10.9 Å². The standard InChI is InChI=1S/C16H14FNO/c1-11-4-2-3-5-16(11)19-10-14-8-12-6-7-13(17)9-15(12)18-14/h2-9,18H,10H2,1H3. The van der Waals surface area contributed by atoms with Crippen LogP contribution in [0.15, 0.2) is 48.5 Å². The summed E-state index contributed by atoms with van der Waals surface area (Å²) in [4.78, 5) is 3.16. The van der Waals surface area contributed by atoms with Crippen LogP contribution >= 0.6 is 0 Å². The van der Waals surface area contributed by atoms with E-state index in [1.54, 1.807) is 6.07 Å². The number of hydrogen-bond acceptors (Lipinski definition) is 1. The van der Waals surface area contributed by atoms with Crippen LogP contribution in [0.4, 0.5) is 4.39 Å². The second-order valence-electron chi connectivity index (χ2n) is 4.58. The van der Waals surface area contributed by atoms with E-state index >= 15 is 0 Å². The summed E-state index contributed by atoms with van der Waals surface area (Å²) in [5.74, 6) is 0.632. The number of nitrogens with one attached hydrogen (secondary N) is 1. The minimum absolute atomic E-state index is 0.235. The molecule has 0 saturated carbocycles. The van der Waals surface area contributed by atoms with E-state index in [4.69, 9.17) is 4.74 Å². The number of H-pyrrole nitrogens is 1. The predicted octanol–water partition coefficient (Wildman–Crippen LogP) is 4.19. The zero-order valence-electron chi connectivity index (χ0n) is 10.6. The molecule has 0 amide bonds. The van der Waals surface area contributed by atoms with Crippen molar-refractivity contribution in [2.24, 2.45) is 0 Å². The highest BCUT2D eigenvalue weighted by Crippen LogP contribution is 2.20. The molecule has 1 aromatic heterocycles. The topological polar surface area (TPSA) is 25.0 Å². The summed E-state index contributed by atoms with van der Waals surface area (Å²) >= 11 is 0. The number of ether oxygens (including phenoxy) is 1. The lowest BCUT2D eigenvalue weighted by atomic mass is 10.2. The highest BCUT2D eigenvalue weighted by Gasteiger charge is 2.04. The van der Waals surface area contributed by atoms with Crippen LogP contribution in [0.5, 0.6) is 5.75 Å². The molecule has 96 valence electrons. The fourth-order valence-electron chi connectivity index (χ4n) is 2.11. The number of rotatable bonds is 3. The zero-order valence-corrected chi connectivity index (χ0v) is 10.6. The first-order chi connectivity index (χ1) is 9.22. The van der Waals surface area contributed by atoms with Gasteiger partial charge in [0, 0.05) is 5.52 Å². The Hall–Kier alpha value is -2.29. The third-order valence-corrected chi connectivity index (χ3v) is 3.12. The van der Waals surface area contributed by atoms with Gasteiger partial charge in [0.2, 0.25) is 0 Å². The van der Waals surface area contributed by atoms with Gasteiger partial charge in [-0.25, -0.2) is 4.39 Å². The molecule has 0 spiro atoms. The third-order valence-electron chi connectivity index (χ3n) is 3.12. The van der Waals surface area contributed by atoms with Crippen molar-refractivity contribution in [3.63, 3.8) is 0 Å². The van der Waals surface area contributed by atoms with E-state index in [0.29, 0.717) is 6.61 Å². The van der Waals surface area contributed by atoms with Gasteiger partial charge in [-0.1, -0.05) is 18.2 Å². The summed E-state index contributed by atoms with van der Waals surface area (Å²) in [7, 11) is 0. The van der Waals surface area contributed by atoms with Crippen molar-refractivity contribution in [1.29, 1.82) is 0 Å². The number of aryl methyl sites for hydroxylation is 1. The molecular formula is C16H14FNO. The highest BCUT2D eigenvalue weighted by molar-refractivity contribution is 5.80. The molecule has 0 fully saturated rings. The second kappa shape index (κ2) is 4.76. The van der Waals surface area contributed by atoms with Gasteiger partial charge in [-0.15, -0.1) is 0 Å². The zero-order chi connectivity index (χ0) is 13.2. The van der Waals surface area contributed by atoms with Crippen LogP contribution < -0.4 is 4.74 Å². The van der Waals surface area contributed by atoms with Gasteiger partial charge in [0.1, 0.15) is 18.2 Å². The van der Waals surface area contributed by atoms with Gasteiger partial charge in [-0.3, -0.25) is 0 Å². The number of benzene rings is 2. The lowest BCUT2D eigenvalue weighted by Crippen LogP contribution is -1.96.